The van der Waals surface area contributed by atoms with Crippen molar-refractivity contribution in [2.24, 2.45) is 17.8 Å². The van der Waals surface area contributed by atoms with Crippen LogP contribution in [-0.4, -0.2) is 47.0 Å². The first kappa shape index (κ1) is 22.8. The first-order valence-electron chi connectivity index (χ1n) is 12.5. The molecule has 0 spiro atoms. The van der Waals surface area contributed by atoms with Gasteiger partial charge in [0.2, 0.25) is 0 Å². The largest absolute Gasteiger partial charge is 0.372 e. The number of nitrogens with zero attached hydrogens (tertiary/aromatic N) is 2. The van der Waals surface area contributed by atoms with Crippen LogP contribution >= 0.6 is 0 Å². The van der Waals surface area contributed by atoms with E-state index in [1.165, 1.54) is 5.56 Å². The Labute approximate surface area is 202 Å². The summed E-state index contributed by atoms with van der Waals surface area (Å²) >= 11 is 0. The topological polar surface area (TPSA) is 43.8 Å². The Balaban J connectivity index is 1.31. The van der Waals surface area contributed by atoms with Gasteiger partial charge in [-0.1, -0.05) is 97.9 Å². The quantitative estimate of drug-likeness (QED) is 0.516. The molecule has 0 aromatic heterocycles. The van der Waals surface area contributed by atoms with E-state index in [2.05, 4.69) is 42.2 Å². The molecule has 4 nitrogen and oxygen atoms in total. The number of hydrogen-bond donors (Lipinski definition) is 1. The van der Waals surface area contributed by atoms with E-state index in [1.807, 2.05) is 65.6 Å². The molecule has 2 atom stereocenters. The van der Waals surface area contributed by atoms with Crippen molar-refractivity contribution in [3.8, 4) is 0 Å². The normalized spacial score (nSPS) is 21.8. The number of amides is 1. The predicted molar refractivity (Wildman–Crippen MR) is 135 cm³/mol. The van der Waals surface area contributed by atoms with Gasteiger partial charge in [0.15, 0.2) is 5.60 Å². The Morgan fingerprint density at radius 1 is 0.882 bits per heavy atom. The highest BCUT2D eigenvalue weighted by molar-refractivity contribution is 5.90. The third-order valence-electron chi connectivity index (χ3n) is 7.60. The SMILES string of the molecule is CCCN(CC1C2CN(Cc3ccccc3)CC21)C(=O)C(O)(c1ccccc1)c1ccccc1. The minimum atomic E-state index is -1.68. The molecule has 1 heterocycles. The highest BCUT2D eigenvalue weighted by Crippen LogP contribution is 2.52. The fourth-order valence-electron chi connectivity index (χ4n) is 5.78. The van der Waals surface area contributed by atoms with Gasteiger partial charge in [0.05, 0.1) is 0 Å². The van der Waals surface area contributed by atoms with Crippen molar-refractivity contribution in [2.75, 3.05) is 26.2 Å². The van der Waals surface area contributed by atoms with Crippen LogP contribution in [0.15, 0.2) is 91.0 Å². The Morgan fingerprint density at radius 2 is 1.38 bits per heavy atom. The minimum absolute atomic E-state index is 0.210. The van der Waals surface area contributed by atoms with Gasteiger partial charge < -0.3 is 10.0 Å². The number of benzene rings is 3. The van der Waals surface area contributed by atoms with Gasteiger partial charge in [0.25, 0.3) is 5.91 Å². The van der Waals surface area contributed by atoms with Gasteiger partial charge >= 0.3 is 0 Å². The van der Waals surface area contributed by atoms with Crippen LogP contribution in [0.4, 0.5) is 0 Å². The van der Waals surface area contributed by atoms with Crippen molar-refractivity contribution < 1.29 is 9.90 Å². The van der Waals surface area contributed by atoms with Crippen LogP contribution < -0.4 is 0 Å². The summed E-state index contributed by atoms with van der Waals surface area (Å²) in [4.78, 5) is 18.5. The number of hydrogen-bond acceptors (Lipinski definition) is 3. The van der Waals surface area contributed by atoms with E-state index < -0.39 is 5.60 Å². The van der Waals surface area contributed by atoms with Crippen LogP contribution in [0.2, 0.25) is 0 Å². The van der Waals surface area contributed by atoms with E-state index in [0.717, 1.165) is 32.6 Å². The van der Waals surface area contributed by atoms with Gasteiger partial charge in [0, 0.05) is 32.7 Å². The van der Waals surface area contributed by atoms with Crippen LogP contribution in [0.5, 0.6) is 0 Å². The highest BCUT2D eigenvalue weighted by Gasteiger charge is 2.56. The molecule has 1 saturated heterocycles. The number of aliphatic hydroxyl groups is 1. The number of carbonyl (C=O) groups is 1. The lowest BCUT2D eigenvalue weighted by Gasteiger charge is -2.35. The molecule has 1 saturated carbocycles. The van der Waals surface area contributed by atoms with E-state index in [-0.39, 0.29) is 5.91 Å². The van der Waals surface area contributed by atoms with E-state index >= 15 is 0 Å². The van der Waals surface area contributed by atoms with Crippen LogP contribution in [0.25, 0.3) is 0 Å². The number of rotatable bonds is 9. The van der Waals surface area contributed by atoms with Crippen LogP contribution in [-0.2, 0) is 16.9 Å². The molecule has 2 aliphatic rings. The summed E-state index contributed by atoms with van der Waals surface area (Å²) in [5, 5.41) is 12.0. The van der Waals surface area contributed by atoms with Crippen molar-refractivity contribution in [3.63, 3.8) is 0 Å². The molecule has 0 radical (unpaired) electrons. The summed E-state index contributed by atoms with van der Waals surface area (Å²) < 4.78 is 0. The van der Waals surface area contributed by atoms with Crippen LogP contribution in [0.1, 0.15) is 30.0 Å². The van der Waals surface area contributed by atoms with Gasteiger partial charge in [0.1, 0.15) is 0 Å². The standard InChI is InChI=1S/C30H34N2O2/c1-2-18-32(22-28-26-20-31(21-27(26)28)19-23-12-6-3-7-13-23)29(33)30(34,24-14-8-4-9-15-24)25-16-10-5-11-17-25/h3-17,26-28,34H,2,18-22H2,1H3. The fraction of sp³-hybridized carbons (Fsp3) is 0.367. The third-order valence-corrected chi connectivity index (χ3v) is 7.60. The molecule has 5 rings (SSSR count). The summed E-state index contributed by atoms with van der Waals surface area (Å²) in [6, 6.07) is 29.4. The first-order chi connectivity index (χ1) is 16.6. The average molecular weight is 455 g/mol. The monoisotopic (exact) mass is 454 g/mol. The van der Waals surface area contributed by atoms with Crippen LogP contribution in [0, 0.1) is 17.8 Å². The maximum Gasteiger partial charge on any atom is 0.263 e. The number of carbonyl (C=O) groups excluding carboxylic acids is 1. The van der Waals surface area contributed by atoms with Crippen molar-refractivity contribution >= 4 is 5.91 Å². The zero-order chi connectivity index (χ0) is 23.5. The summed E-state index contributed by atoms with van der Waals surface area (Å²) in [6.07, 6.45) is 0.869. The third kappa shape index (κ3) is 4.40. The summed E-state index contributed by atoms with van der Waals surface area (Å²) in [5.74, 6) is 1.62. The van der Waals surface area contributed by atoms with Crippen molar-refractivity contribution in [1.82, 2.24) is 9.80 Å². The average Bonchev–Trinajstić information content (AvgIpc) is 3.32. The van der Waals surface area contributed by atoms with Crippen LogP contribution in [0.3, 0.4) is 0 Å². The smallest absolute Gasteiger partial charge is 0.263 e. The lowest BCUT2D eigenvalue weighted by Crippen LogP contribution is -2.49. The van der Waals surface area contributed by atoms with Crippen molar-refractivity contribution in [3.05, 3.63) is 108 Å². The summed E-state index contributed by atoms with van der Waals surface area (Å²) in [5.41, 5.74) is 0.926. The van der Waals surface area contributed by atoms with Gasteiger partial charge in [-0.2, -0.15) is 0 Å². The van der Waals surface area contributed by atoms with E-state index in [4.69, 9.17) is 0 Å². The Morgan fingerprint density at radius 3 is 1.88 bits per heavy atom. The molecule has 3 aromatic carbocycles. The molecule has 1 aliphatic heterocycles. The molecule has 2 fully saturated rings. The van der Waals surface area contributed by atoms with Gasteiger partial charge in [-0.15, -0.1) is 0 Å². The molecule has 1 amide bonds. The summed E-state index contributed by atoms with van der Waals surface area (Å²) in [6.45, 7) is 6.67. The molecule has 4 heteroatoms. The molecular formula is C30H34N2O2. The second-order valence-corrected chi connectivity index (χ2v) is 9.86. The second kappa shape index (κ2) is 9.73. The Bertz CT molecular complexity index is 1040. The molecule has 3 aromatic rings. The van der Waals surface area contributed by atoms with Gasteiger partial charge in [-0.25, -0.2) is 0 Å². The zero-order valence-corrected chi connectivity index (χ0v) is 19.9. The first-order valence-corrected chi connectivity index (χ1v) is 12.5. The zero-order valence-electron chi connectivity index (χ0n) is 19.9. The van der Waals surface area contributed by atoms with Crippen molar-refractivity contribution in [1.29, 1.82) is 0 Å². The second-order valence-electron chi connectivity index (χ2n) is 9.86. The number of likely N-dealkylation sites (tertiary alicyclic amines) is 1. The fourth-order valence-corrected chi connectivity index (χ4v) is 5.78. The molecule has 1 N–H and O–H groups in total. The molecule has 0 bridgehead atoms. The Hall–Kier alpha value is -2.95. The number of fused-ring (bicyclic) bond motifs is 1. The van der Waals surface area contributed by atoms with Gasteiger partial charge in [-0.3, -0.25) is 9.69 Å². The number of piperidine rings is 1. The maximum absolute atomic E-state index is 14.0. The van der Waals surface area contributed by atoms with E-state index in [1.54, 1.807) is 0 Å². The maximum atomic E-state index is 14.0. The molecule has 176 valence electrons. The molecule has 2 unspecified atom stereocenters. The predicted octanol–water partition coefficient (Wildman–Crippen LogP) is 4.54. The minimum Gasteiger partial charge on any atom is -0.372 e. The lowest BCUT2D eigenvalue weighted by molar-refractivity contribution is -0.148. The molecular weight excluding hydrogens is 420 g/mol. The molecule has 34 heavy (non-hydrogen) atoms. The van der Waals surface area contributed by atoms with E-state index in [0.29, 0.717) is 35.4 Å². The van der Waals surface area contributed by atoms with Crippen molar-refractivity contribution in [2.45, 2.75) is 25.5 Å². The highest BCUT2D eigenvalue weighted by atomic mass is 16.3. The lowest BCUT2D eigenvalue weighted by atomic mass is 9.84. The van der Waals surface area contributed by atoms with Gasteiger partial charge in [-0.05, 0) is 40.9 Å². The Kier molecular flexibility index (Phi) is 6.53. The molecule has 1 aliphatic carbocycles. The summed E-state index contributed by atoms with van der Waals surface area (Å²) in [7, 11) is 0. The van der Waals surface area contributed by atoms with E-state index in [9.17, 15) is 9.90 Å².